The van der Waals surface area contributed by atoms with E-state index in [2.05, 4.69) is 35.0 Å². The SMILES string of the molecule is CCCc1cc(=O)[nH]c(C(=Cc2c(C3CC3)cnn2C)CC)n1. The first-order valence-electron chi connectivity index (χ1n) is 8.45. The number of aromatic nitrogens is 4. The summed E-state index contributed by atoms with van der Waals surface area (Å²) in [6, 6.07) is 1.60. The maximum absolute atomic E-state index is 11.9. The van der Waals surface area contributed by atoms with Crippen LogP contribution in [-0.4, -0.2) is 19.7 Å². The number of aromatic amines is 1. The fraction of sp³-hybridized carbons (Fsp3) is 0.500. The molecule has 3 rings (SSSR count). The standard InChI is InChI=1S/C18H24N4O/c1-4-6-14-10-17(23)21-18(20-14)12(5-2)9-16-15(13-7-8-13)11-19-22(16)3/h9-11,13H,4-8H2,1-3H3,(H,20,21,23). The van der Waals surface area contributed by atoms with Crippen molar-refractivity contribution in [1.82, 2.24) is 19.7 Å². The fourth-order valence-corrected chi connectivity index (χ4v) is 2.90. The number of hydrogen-bond donors (Lipinski definition) is 1. The Labute approximate surface area is 136 Å². The number of hydrogen-bond acceptors (Lipinski definition) is 3. The van der Waals surface area contributed by atoms with E-state index in [1.54, 1.807) is 6.07 Å². The Morgan fingerprint density at radius 2 is 2.22 bits per heavy atom. The van der Waals surface area contributed by atoms with Crippen LogP contribution < -0.4 is 5.56 Å². The van der Waals surface area contributed by atoms with E-state index in [1.165, 1.54) is 18.4 Å². The third-order valence-corrected chi connectivity index (χ3v) is 4.33. The van der Waals surface area contributed by atoms with Crippen molar-refractivity contribution in [2.75, 3.05) is 0 Å². The normalized spacial score (nSPS) is 15.2. The highest BCUT2D eigenvalue weighted by Crippen LogP contribution is 2.42. The molecule has 5 nitrogen and oxygen atoms in total. The van der Waals surface area contributed by atoms with Crippen LogP contribution in [0.2, 0.25) is 0 Å². The molecule has 2 heterocycles. The van der Waals surface area contributed by atoms with Gasteiger partial charge in [0.2, 0.25) is 0 Å². The van der Waals surface area contributed by atoms with Gasteiger partial charge in [0.05, 0.1) is 11.9 Å². The second kappa shape index (κ2) is 6.52. The van der Waals surface area contributed by atoms with Crippen molar-refractivity contribution < 1.29 is 0 Å². The highest BCUT2D eigenvalue weighted by Gasteiger charge is 2.27. The average Bonchev–Trinajstić information content (AvgIpc) is 3.29. The molecule has 0 atom stereocenters. The van der Waals surface area contributed by atoms with E-state index in [0.717, 1.165) is 36.2 Å². The smallest absolute Gasteiger partial charge is 0.251 e. The van der Waals surface area contributed by atoms with Crippen LogP contribution in [0.5, 0.6) is 0 Å². The van der Waals surface area contributed by atoms with Gasteiger partial charge >= 0.3 is 0 Å². The minimum Gasteiger partial charge on any atom is -0.307 e. The summed E-state index contributed by atoms with van der Waals surface area (Å²) < 4.78 is 1.91. The van der Waals surface area contributed by atoms with Crippen molar-refractivity contribution in [1.29, 1.82) is 0 Å². The van der Waals surface area contributed by atoms with Gasteiger partial charge in [-0.25, -0.2) is 4.98 Å². The lowest BCUT2D eigenvalue weighted by atomic mass is 10.1. The molecule has 0 radical (unpaired) electrons. The van der Waals surface area contributed by atoms with E-state index in [1.807, 2.05) is 17.9 Å². The van der Waals surface area contributed by atoms with E-state index in [0.29, 0.717) is 11.7 Å². The molecule has 1 aliphatic carbocycles. The average molecular weight is 312 g/mol. The molecule has 0 saturated heterocycles. The van der Waals surface area contributed by atoms with Crippen molar-refractivity contribution in [3.8, 4) is 0 Å². The van der Waals surface area contributed by atoms with Crippen molar-refractivity contribution in [3.05, 3.63) is 45.4 Å². The summed E-state index contributed by atoms with van der Waals surface area (Å²) in [7, 11) is 1.97. The molecular formula is C18H24N4O. The summed E-state index contributed by atoms with van der Waals surface area (Å²) >= 11 is 0. The summed E-state index contributed by atoms with van der Waals surface area (Å²) in [6.07, 6.45) is 9.22. The van der Waals surface area contributed by atoms with Crippen LogP contribution >= 0.6 is 0 Å². The molecule has 23 heavy (non-hydrogen) atoms. The van der Waals surface area contributed by atoms with Gasteiger partial charge in [0.25, 0.3) is 5.56 Å². The molecule has 122 valence electrons. The monoisotopic (exact) mass is 312 g/mol. The van der Waals surface area contributed by atoms with Gasteiger partial charge in [-0.3, -0.25) is 9.48 Å². The van der Waals surface area contributed by atoms with Crippen LogP contribution in [0.15, 0.2) is 17.1 Å². The van der Waals surface area contributed by atoms with Crippen molar-refractivity contribution >= 4 is 11.6 Å². The molecule has 5 heteroatoms. The van der Waals surface area contributed by atoms with Crippen LogP contribution in [0, 0.1) is 0 Å². The minimum atomic E-state index is -0.0785. The second-order valence-electron chi connectivity index (χ2n) is 6.24. The Morgan fingerprint density at radius 3 is 2.87 bits per heavy atom. The molecule has 0 aliphatic heterocycles. The van der Waals surface area contributed by atoms with E-state index < -0.39 is 0 Å². The van der Waals surface area contributed by atoms with E-state index >= 15 is 0 Å². The van der Waals surface area contributed by atoms with E-state index in [4.69, 9.17) is 0 Å². The van der Waals surface area contributed by atoms with Crippen LogP contribution in [0.4, 0.5) is 0 Å². The molecule has 0 spiro atoms. The molecule has 0 bridgehead atoms. The quantitative estimate of drug-likeness (QED) is 0.890. The van der Waals surface area contributed by atoms with Gasteiger partial charge in [-0.2, -0.15) is 5.10 Å². The van der Waals surface area contributed by atoms with Crippen molar-refractivity contribution in [2.24, 2.45) is 7.05 Å². The van der Waals surface area contributed by atoms with Crippen LogP contribution in [-0.2, 0) is 13.5 Å². The first-order valence-corrected chi connectivity index (χ1v) is 8.45. The van der Waals surface area contributed by atoms with Gasteiger partial charge < -0.3 is 4.98 Å². The summed E-state index contributed by atoms with van der Waals surface area (Å²) in [6.45, 7) is 4.18. The molecule has 0 amide bonds. The fourth-order valence-electron chi connectivity index (χ4n) is 2.90. The predicted molar refractivity (Wildman–Crippen MR) is 92.2 cm³/mol. The van der Waals surface area contributed by atoms with E-state index in [9.17, 15) is 4.79 Å². The zero-order valence-electron chi connectivity index (χ0n) is 14.1. The minimum absolute atomic E-state index is 0.0785. The first kappa shape index (κ1) is 15.7. The maximum Gasteiger partial charge on any atom is 0.251 e. The largest absolute Gasteiger partial charge is 0.307 e. The number of aryl methyl sites for hydroxylation is 2. The first-order chi connectivity index (χ1) is 11.1. The Bertz CT molecular complexity index is 781. The third-order valence-electron chi connectivity index (χ3n) is 4.33. The third kappa shape index (κ3) is 3.44. The predicted octanol–water partition coefficient (Wildman–Crippen LogP) is 3.28. The lowest BCUT2D eigenvalue weighted by Crippen LogP contribution is -2.12. The summed E-state index contributed by atoms with van der Waals surface area (Å²) in [4.78, 5) is 19.5. The summed E-state index contributed by atoms with van der Waals surface area (Å²) in [5.74, 6) is 1.33. The van der Waals surface area contributed by atoms with Crippen LogP contribution in [0.3, 0.4) is 0 Å². The Balaban J connectivity index is 2.03. The summed E-state index contributed by atoms with van der Waals surface area (Å²) in [5.41, 5.74) is 4.27. The zero-order chi connectivity index (χ0) is 16.4. The van der Waals surface area contributed by atoms with E-state index in [-0.39, 0.29) is 5.56 Å². The Morgan fingerprint density at radius 1 is 1.43 bits per heavy atom. The number of rotatable bonds is 6. The number of H-pyrrole nitrogens is 1. The molecule has 1 saturated carbocycles. The molecule has 0 unspecified atom stereocenters. The lowest BCUT2D eigenvalue weighted by Gasteiger charge is -2.08. The van der Waals surface area contributed by atoms with Gasteiger partial charge in [0, 0.05) is 24.4 Å². The van der Waals surface area contributed by atoms with Gasteiger partial charge in [-0.1, -0.05) is 20.3 Å². The molecule has 1 N–H and O–H groups in total. The number of nitrogens with one attached hydrogen (secondary N) is 1. The molecule has 1 aliphatic rings. The van der Waals surface area contributed by atoms with Gasteiger partial charge in [-0.15, -0.1) is 0 Å². The maximum atomic E-state index is 11.9. The van der Waals surface area contributed by atoms with Gasteiger partial charge in [0.1, 0.15) is 5.82 Å². The van der Waals surface area contributed by atoms with Gasteiger partial charge in [-0.05, 0) is 43.3 Å². The van der Waals surface area contributed by atoms with Crippen molar-refractivity contribution in [3.63, 3.8) is 0 Å². The Hall–Kier alpha value is -2.17. The van der Waals surface area contributed by atoms with Crippen LogP contribution in [0.25, 0.3) is 11.6 Å². The molecule has 1 fully saturated rings. The number of allylic oxidation sites excluding steroid dienone is 1. The second-order valence-corrected chi connectivity index (χ2v) is 6.24. The molecule has 2 aromatic rings. The van der Waals surface area contributed by atoms with Crippen molar-refractivity contribution in [2.45, 2.75) is 51.9 Å². The highest BCUT2D eigenvalue weighted by molar-refractivity contribution is 5.78. The lowest BCUT2D eigenvalue weighted by molar-refractivity contribution is 0.758. The number of nitrogens with zero attached hydrogens (tertiary/aromatic N) is 3. The highest BCUT2D eigenvalue weighted by atomic mass is 16.1. The molecule has 0 aromatic carbocycles. The zero-order valence-corrected chi connectivity index (χ0v) is 14.1. The summed E-state index contributed by atoms with van der Waals surface area (Å²) in [5, 5.41) is 4.40. The molecule has 2 aromatic heterocycles. The van der Waals surface area contributed by atoms with Crippen LogP contribution in [0.1, 0.15) is 68.2 Å². The Kier molecular flexibility index (Phi) is 4.46. The molecular weight excluding hydrogens is 288 g/mol. The topological polar surface area (TPSA) is 63.6 Å². The van der Waals surface area contributed by atoms with Gasteiger partial charge in [0.15, 0.2) is 0 Å².